The van der Waals surface area contributed by atoms with Crippen molar-refractivity contribution in [2.75, 3.05) is 5.32 Å². The minimum absolute atomic E-state index is 0.171. The van der Waals surface area contributed by atoms with E-state index in [2.05, 4.69) is 27.9 Å². The van der Waals surface area contributed by atoms with E-state index in [1.54, 1.807) is 0 Å². The Morgan fingerprint density at radius 1 is 1.32 bits per heavy atom. The lowest BCUT2D eigenvalue weighted by molar-refractivity contribution is -0.145. The van der Waals surface area contributed by atoms with Gasteiger partial charge in [-0.25, -0.2) is 0 Å². The molecule has 1 amide bonds. The third-order valence-corrected chi connectivity index (χ3v) is 4.30. The molecule has 1 aliphatic rings. The Hall–Kier alpha value is -1.11. The summed E-state index contributed by atoms with van der Waals surface area (Å²) in [6.07, 6.45) is 2.06. The molecular weight excluding hydrogens is 357 g/mol. The van der Waals surface area contributed by atoms with Gasteiger partial charge in [0.1, 0.15) is 0 Å². The van der Waals surface area contributed by atoms with E-state index < -0.39 is 17.8 Å². The molecule has 2 atom stereocenters. The highest BCUT2D eigenvalue weighted by molar-refractivity contribution is 14.1. The molecule has 2 rings (SSSR count). The smallest absolute Gasteiger partial charge is 0.307 e. The zero-order valence-electron chi connectivity index (χ0n) is 10.6. The van der Waals surface area contributed by atoms with Crippen LogP contribution in [0.4, 0.5) is 5.69 Å². The summed E-state index contributed by atoms with van der Waals surface area (Å²) < 4.78 is 1.04. The van der Waals surface area contributed by atoms with Crippen molar-refractivity contribution in [3.05, 3.63) is 27.3 Å². The van der Waals surface area contributed by atoms with Gasteiger partial charge in [-0.3, -0.25) is 9.59 Å². The number of amides is 1. The summed E-state index contributed by atoms with van der Waals surface area (Å²) in [6.45, 7) is 1.93. The number of aliphatic carboxylic acids is 1. The molecule has 1 aromatic carbocycles. The Morgan fingerprint density at radius 2 is 2.00 bits per heavy atom. The van der Waals surface area contributed by atoms with E-state index in [0.717, 1.165) is 21.2 Å². The molecule has 1 fully saturated rings. The molecule has 0 heterocycles. The first-order valence-corrected chi connectivity index (χ1v) is 7.36. The van der Waals surface area contributed by atoms with E-state index in [9.17, 15) is 9.59 Å². The van der Waals surface area contributed by atoms with Crippen LogP contribution in [0.1, 0.15) is 24.8 Å². The maximum atomic E-state index is 12.2. The van der Waals surface area contributed by atoms with Gasteiger partial charge in [-0.2, -0.15) is 0 Å². The van der Waals surface area contributed by atoms with Crippen LogP contribution in [-0.4, -0.2) is 17.0 Å². The van der Waals surface area contributed by atoms with Crippen LogP contribution >= 0.6 is 22.6 Å². The topological polar surface area (TPSA) is 66.4 Å². The summed E-state index contributed by atoms with van der Waals surface area (Å²) in [6, 6.07) is 5.82. The highest BCUT2D eigenvalue weighted by Gasteiger charge is 2.37. The summed E-state index contributed by atoms with van der Waals surface area (Å²) >= 11 is 2.19. The van der Waals surface area contributed by atoms with E-state index in [-0.39, 0.29) is 5.91 Å². The molecule has 0 aliphatic heterocycles. The lowest BCUT2D eigenvalue weighted by atomic mass is 9.95. The number of aryl methyl sites for hydroxylation is 1. The van der Waals surface area contributed by atoms with Crippen LogP contribution in [-0.2, 0) is 9.59 Å². The average Bonchev–Trinajstić information content (AvgIpc) is 2.83. The van der Waals surface area contributed by atoms with Crippen molar-refractivity contribution < 1.29 is 14.7 Å². The van der Waals surface area contributed by atoms with Gasteiger partial charge in [0.25, 0.3) is 0 Å². The number of carbonyl (C=O) groups excluding carboxylic acids is 1. The Balaban J connectivity index is 2.12. The van der Waals surface area contributed by atoms with E-state index in [4.69, 9.17) is 5.11 Å². The summed E-state index contributed by atoms with van der Waals surface area (Å²) in [7, 11) is 0. The van der Waals surface area contributed by atoms with Crippen LogP contribution in [0.3, 0.4) is 0 Å². The highest BCUT2D eigenvalue weighted by Crippen LogP contribution is 2.33. The maximum Gasteiger partial charge on any atom is 0.307 e. The molecule has 2 N–H and O–H groups in total. The molecule has 1 saturated carbocycles. The Labute approximate surface area is 125 Å². The molecule has 0 aromatic heterocycles. The number of hydrogen-bond acceptors (Lipinski definition) is 2. The fraction of sp³-hybridized carbons (Fsp3) is 0.429. The van der Waals surface area contributed by atoms with Gasteiger partial charge in [-0.1, -0.05) is 12.5 Å². The first-order chi connectivity index (χ1) is 8.99. The monoisotopic (exact) mass is 373 g/mol. The third-order valence-electron chi connectivity index (χ3n) is 3.63. The SMILES string of the molecule is Cc1ccc(I)cc1NC(=O)C1CCCC1C(=O)O. The molecule has 19 heavy (non-hydrogen) atoms. The Morgan fingerprint density at radius 3 is 2.68 bits per heavy atom. The lowest BCUT2D eigenvalue weighted by Gasteiger charge is -2.16. The van der Waals surface area contributed by atoms with Crippen molar-refractivity contribution >= 4 is 40.2 Å². The minimum Gasteiger partial charge on any atom is -0.481 e. The predicted octanol–water partition coefficient (Wildman–Crippen LogP) is 3.04. The van der Waals surface area contributed by atoms with Crippen LogP contribution < -0.4 is 5.32 Å². The standard InChI is InChI=1S/C14H16INO3/c1-8-5-6-9(15)7-12(8)16-13(17)10-3-2-4-11(10)14(18)19/h5-7,10-11H,2-4H2,1H3,(H,16,17)(H,18,19). The van der Waals surface area contributed by atoms with E-state index in [0.29, 0.717) is 12.8 Å². The number of carboxylic acid groups (broad SMARTS) is 1. The molecule has 4 nitrogen and oxygen atoms in total. The summed E-state index contributed by atoms with van der Waals surface area (Å²) in [5.74, 6) is -1.98. The number of carboxylic acids is 1. The molecule has 1 aliphatic carbocycles. The van der Waals surface area contributed by atoms with Crippen LogP contribution in [0.15, 0.2) is 18.2 Å². The van der Waals surface area contributed by atoms with Gasteiger partial charge in [-0.05, 0) is 60.1 Å². The number of halogens is 1. The largest absolute Gasteiger partial charge is 0.481 e. The number of nitrogens with one attached hydrogen (secondary N) is 1. The van der Waals surface area contributed by atoms with Gasteiger partial charge in [0, 0.05) is 9.26 Å². The van der Waals surface area contributed by atoms with Crippen molar-refractivity contribution in [3.63, 3.8) is 0 Å². The van der Waals surface area contributed by atoms with Gasteiger partial charge in [0.15, 0.2) is 0 Å². The molecule has 0 spiro atoms. The van der Waals surface area contributed by atoms with E-state index in [1.807, 2.05) is 25.1 Å². The number of rotatable bonds is 3. The van der Waals surface area contributed by atoms with Gasteiger partial charge in [-0.15, -0.1) is 0 Å². The quantitative estimate of drug-likeness (QED) is 0.801. The second-order valence-electron chi connectivity index (χ2n) is 4.93. The molecule has 0 radical (unpaired) electrons. The number of hydrogen-bond donors (Lipinski definition) is 2. The van der Waals surface area contributed by atoms with Crippen LogP contribution in [0, 0.1) is 22.3 Å². The molecule has 0 bridgehead atoms. The van der Waals surface area contributed by atoms with Crippen LogP contribution in [0.25, 0.3) is 0 Å². The number of benzene rings is 1. The summed E-state index contributed by atoms with van der Waals surface area (Å²) in [5, 5.41) is 12.0. The van der Waals surface area contributed by atoms with Crippen molar-refractivity contribution in [2.24, 2.45) is 11.8 Å². The molecule has 2 unspecified atom stereocenters. The normalized spacial score (nSPS) is 22.2. The summed E-state index contributed by atoms with van der Waals surface area (Å²) in [4.78, 5) is 23.3. The second-order valence-corrected chi connectivity index (χ2v) is 6.18. The maximum absolute atomic E-state index is 12.2. The zero-order valence-corrected chi connectivity index (χ0v) is 12.8. The first kappa shape index (κ1) is 14.3. The first-order valence-electron chi connectivity index (χ1n) is 6.29. The number of anilines is 1. The van der Waals surface area contributed by atoms with E-state index >= 15 is 0 Å². The van der Waals surface area contributed by atoms with Crippen molar-refractivity contribution in [3.8, 4) is 0 Å². The molecule has 0 saturated heterocycles. The van der Waals surface area contributed by atoms with E-state index in [1.165, 1.54) is 0 Å². The second kappa shape index (κ2) is 5.90. The fourth-order valence-electron chi connectivity index (χ4n) is 2.52. The van der Waals surface area contributed by atoms with Crippen molar-refractivity contribution in [1.29, 1.82) is 0 Å². The predicted molar refractivity (Wildman–Crippen MR) is 81.0 cm³/mol. The fourth-order valence-corrected chi connectivity index (χ4v) is 3.01. The average molecular weight is 373 g/mol. The van der Waals surface area contributed by atoms with Gasteiger partial charge in [0.05, 0.1) is 11.8 Å². The van der Waals surface area contributed by atoms with Crippen LogP contribution in [0.2, 0.25) is 0 Å². The van der Waals surface area contributed by atoms with Crippen molar-refractivity contribution in [1.82, 2.24) is 0 Å². The van der Waals surface area contributed by atoms with Gasteiger partial charge >= 0.3 is 5.97 Å². The minimum atomic E-state index is -0.864. The zero-order chi connectivity index (χ0) is 14.0. The van der Waals surface area contributed by atoms with Crippen molar-refractivity contribution in [2.45, 2.75) is 26.2 Å². The third kappa shape index (κ3) is 3.26. The summed E-state index contributed by atoms with van der Waals surface area (Å²) in [5.41, 5.74) is 1.76. The lowest BCUT2D eigenvalue weighted by Crippen LogP contribution is -2.30. The molecule has 102 valence electrons. The Bertz CT molecular complexity index is 515. The van der Waals surface area contributed by atoms with Gasteiger partial charge in [0.2, 0.25) is 5.91 Å². The molecular formula is C14H16INO3. The van der Waals surface area contributed by atoms with Crippen LogP contribution in [0.5, 0.6) is 0 Å². The number of carbonyl (C=O) groups is 2. The molecule has 1 aromatic rings. The highest BCUT2D eigenvalue weighted by atomic mass is 127. The Kier molecular flexibility index (Phi) is 4.44. The van der Waals surface area contributed by atoms with Gasteiger partial charge < -0.3 is 10.4 Å². The molecule has 5 heteroatoms.